The number of halogens is 4. The van der Waals surface area contributed by atoms with Crippen molar-refractivity contribution in [2.75, 3.05) is 0 Å². The van der Waals surface area contributed by atoms with Crippen molar-refractivity contribution < 1.29 is 4.42 Å². The van der Waals surface area contributed by atoms with Gasteiger partial charge in [-0.05, 0) is 29.7 Å². The highest BCUT2D eigenvalue weighted by Crippen LogP contribution is 2.37. The van der Waals surface area contributed by atoms with Crippen LogP contribution in [0.25, 0.3) is 39.1 Å². The van der Waals surface area contributed by atoms with Crippen molar-refractivity contribution in [1.82, 2.24) is 14.5 Å². The Morgan fingerprint density at radius 1 is 0.903 bits per heavy atom. The maximum absolute atomic E-state index is 12.8. The van der Waals surface area contributed by atoms with Crippen LogP contribution in [0.2, 0.25) is 20.2 Å². The molecule has 0 aliphatic heterocycles. The third-order valence-corrected chi connectivity index (χ3v) is 6.09. The van der Waals surface area contributed by atoms with Crippen molar-refractivity contribution in [1.29, 1.82) is 0 Å². The molecule has 156 valence electrons. The van der Waals surface area contributed by atoms with Gasteiger partial charge in [-0.3, -0.25) is 4.57 Å². The van der Waals surface area contributed by atoms with Crippen LogP contribution in [0.5, 0.6) is 0 Å². The fourth-order valence-electron chi connectivity index (χ4n) is 3.30. The van der Waals surface area contributed by atoms with Gasteiger partial charge in [-0.2, -0.15) is 0 Å². The summed E-state index contributed by atoms with van der Waals surface area (Å²) < 4.78 is 6.99. The van der Waals surface area contributed by atoms with E-state index in [1.807, 2.05) is 24.3 Å². The van der Waals surface area contributed by atoms with Crippen molar-refractivity contribution >= 4 is 68.1 Å². The van der Waals surface area contributed by atoms with Crippen LogP contribution in [0.15, 0.2) is 63.9 Å². The van der Waals surface area contributed by atoms with E-state index in [0.717, 1.165) is 10.8 Å². The summed E-state index contributed by atoms with van der Waals surface area (Å²) in [6.07, 6.45) is 1.56. The van der Waals surface area contributed by atoms with Gasteiger partial charge in [0.1, 0.15) is 16.4 Å². The van der Waals surface area contributed by atoms with Gasteiger partial charge in [0.25, 0.3) is 0 Å². The molecule has 3 heterocycles. The lowest BCUT2D eigenvalue weighted by Crippen LogP contribution is -2.07. The summed E-state index contributed by atoms with van der Waals surface area (Å²) in [4.78, 5) is 21.6. The fourth-order valence-corrected chi connectivity index (χ4v) is 4.23. The Morgan fingerprint density at radius 3 is 2.45 bits per heavy atom. The van der Waals surface area contributed by atoms with Crippen molar-refractivity contribution in [2.24, 2.45) is 0 Å². The quantitative estimate of drug-likeness (QED) is 0.240. The highest BCUT2D eigenvalue weighted by molar-refractivity contribution is 6.42. The molecule has 0 bridgehead atoms. The zero-order valence-corrected chi connectivity index (χ0v) is 17.9. The van der Waals surface area contributed by atoms with Gasteiger partial charge in [-0.1, -0.05) is 78.1 Å². The molecule has 0 amide bonds. The van der Waals surface area contributed by atoms with Crippen LogP contribution < -0.4 is 5.63 Å². The SMILES string of the molecule is C.O=c1oc(-c2cc(Cl)c(Cl)n2-c2ncccc2Cl)nc2c(Cl)c3ccccc3cc12. The second kappa shape index (κ2) is 8.17. The standard InChI is InChI=1S/C21H9Cl4N3O2.CH4/c22-13-6-3-7-26-19(13)28-15(9-14(23)18(28)25)20-27-17-12(21(29)30-20)8-10-4-1-2-5-11(10)16(17)24;/h1-9H;1H4. The molecule has 0 fully saturated rings. The van der Waals surface area contributed by atoms with Crippen LogP contribution in [0, 0.1) is 0 Å². The van der Waals surface area contributed by atoms with E-state index in [1.54, 1.807) is 24.4 Å². The van der Waals surface area contributed by atoms with E-state index in [2.05, 4.69) is 9.97 Å². The molecular formula is C22H13Cl4N3O2. The summed E-state index contributed by atoms with van der Waals surface area (Å²) in [5.41, 5.74) is 0.0392. The molecule has 5 aromatic rings. The van der Waals surface area contributed by atoms with Crippen molar-refractivity contribution in [3.8, 4) is 17.4 Å². The Bertz CT molecular complexity index is 1530. The van der Waals surface area contributed by atoms with Gasteiger partial charge in [-0.25, -0.2) is 14.8 Å². The predicted octanol–water partition coefficient (Wildman–Crippen LogP) is 7.44. The lowest BCUT2D eigenvalue weighted by atomic mass is 10.1. The Balaban J connectivity index is 0.00000231. The van der Waals surface area contributed by atoms with Gasteiger partial charge in [0.15, 0.2) is 5.82 Å². The van der Waals surface area contributed by atoms with Gasteiger partial charge in [-0.15, -0.1) is 0 Å². The third kappa shape index (κ3) is 3.48. The number of hydrogen-bond acceptors (Lipinski definition) is 4. The van der Waals surface area contributed by atoms with E-state index in [0.29, 0.717) is 27.1 Å². The maximum atomic E-state index is 12.8. The maximum Gasteiger partial charge on any atom is 0.347 e. The Labute approximate surface area is 196 Å². The minimum absolute atomic E-state index is 0. The first-order valence-corrected chi connectivity index (χ1v) is 10.2. The number of fused-ring (bicyclic) bond motifs is 2. The Kier molecular flexibility index (Phi) is 5.71. The van der Waals surface area contributed by atoms with E-state index in [-0.39, 0.29) is 28.9 Å². The molecule has 0 aliphatic rings. The number of hydrogen-bond donors (Lipinski definition) is 0. The molecule has 0 unspecified atom stereocenters. The minimum Gasteiger partial charge on any atom is -0.401 e. The van der Waals surface area contributed by atoms with Crippen LogP contribution in [0.3, 0.4) is 0 Å². The molecule has 31 heavy (non-hydrogen) atoms. The molecule has 9 heteroatoms. The van der Waals surface area contributed by atoms with Crippen LogP contribution in [-0.4, -0.2) is 14.5 Å². The van der Waals surface area contributed by atoms with Crippen molar-refractivity contribution in [3.63, 3.8) is 0 Å². The summed E-state index contributed by atoms with van der Waals surface area (Å²) in [5, 5.41) is 2.92. The Morgan fingerprint density at radius 2 is 1.68 bits per heavy atom. The molecule has 5 nitrogen and oxygen atoms in total. The molecule has 0 aliphatic carbocycles. The van der Waals surface area contributed by atoms with Gasteiger partial charge in [0, 0.05) is 11.6 Å². The van der Waals surface area contributed by atoms with Crippen LogP contribution in [0.4, 0.5) is 0 Å². The van der Waals surface area contributed by atoms with Crippen LogP contribution in [-0.2, 0) is 0 Å². The summed E-state index contributed by atoms with van der Waals surface area (Å²) in [5.74, 6) is 0.306. The van der Waals surface area contributed by atoms with E-state index >= 15 is 0 Å². The number of aromatic nitrogens is 3. The molecule has 0 atom stereocenters. The predicted molar refractivity (Wildman–Crippen MR) is 127 cm³/mol. The first-order valence-electron chi connectivity index (χ1n) is 8.66. The normalized spacial score (nSPS) is 11.1. The van der Waals surface area contributed by atoms with Crippen molar-refractivity contribution in [2.45, 2.75) is 7.43 Å². The zero-order chi connectivity index (χ0) is 21.0. The third-order valence-electron chi connectivity index (χ3n) is 4.65. The number of rotatable bonds is 2. The molecule has 0 radical (unpaired) electrons. The average Bonchev–Trinajstić information content (AvgIpc) is 3.04. The molecular weight excluding hydrogens is 480 g/mol. The van der Waals surface area contributed by atoms with E-state index in [1.165, 1.54) is 10.6 Å². The molecule has 3 aromatic heterocycles. The molecule has 0 saturated carbocycles. The van der Waals surface area contributed by atoms with Gasteiger partial charge < -0.3 is 4.42 Å². The molecule has 0 N–H and O–H groups in total. The van der Waals surface area contributed by atoms with E-state index < -0.39 is 5.63 Å². The topological polar surface area (TPSA) is 60.9 Å². The number of pyridine rings is 1. The fraction of sp³-hybridized carbons (Fsp3) is 0.0455. The number of benzene rings is 2. The van der Waals surface area contributed by atoms with Crippen LogP contribution in [0.1, 0.15) is 7.43 Å². The summed E-state index contributed by atoms with van der Waals surface area (Å²) in [7, 11) is 0. The summed E-state index contributed by atoms with van der Waals surface area (Å²) >= 11 is 25.5. The highest BCUT2D eigenvalue weighted by atomic mass is 35.5. The zero-order valence-electron chi connectivity index (χ0n) is 14.9. The first-order chi connectivity index (χ1) is 14.5. The molecule has 0 spiro atoms. The van der Waals surface area contributed by atoms with Gasteiger partial charge >= 0.3 is 5.63 Å². The molecule has 0 saturated heterocycles. The number of nitrogens with zero attached hydrogens (tertiary/aromatic N) is 3. The average molecular weight is 493 g/mol. The minimum atomic E-state index is -0.588. The molecule has 5 rings (SSSR count). The van der Waals surface area contributed by atoms with Gasteiger partial charge in [0.05, 0.1) is 20.5 Å². The van der Waals surface area contributed by atoms with E-state index in [9.17, 15) is 4.79 Å². The Hall–Kier alpha value is -2.57. The lowest BCUT2D eigenvalue weighted by molar-refractivity contribution is 0.515. The molecule has 2 aromatic carbocycles. The van der Waals surface area contributed by atoms with Crippen LogP contribution >= 0.6 is 46.4 Å². The largest absolute Gasteiger partial charge is 0.401 e. The highest BCUT2D eigenvalue weighted by Gasteiger charge is 2.22. The first kappa shape index (κ1) is 21.7. The summed E-state index contributed by atoms with van der Waals surface area (Å²) in [6, 6.07) is 14.0. The van der Waals surface area contributed by atoms with Crippen molar-refractivity contribution in [3.05, 3.63) is 85.4 Å². The second-order valence-corrected chi connectivity index (χ2v) is 7.98. The second-order valence-electron chi connectivity index (χ2n) is 6.43. The monoisotopic (exact) mass is 491 g/mol. The van der Waals surface area contributed by atoms with Gasteiger partial charge in [0.2, 0.25) is 5.89 Å². The smallest absolute Gasteiger partial charge is 0.347 e. The van der Waals surface area contributed by atoms with E-state index in [4.69, 9.17) is 50.8 Å². The lowest BCUT2D eigenvalue weighted by Gasteiger charge is -2.11. The summed E-state index contributed by atoms with van der Waals surface area (Å²) in [6.45, 7) is 0.